The van der Waals surface area contributed by atoms with Crippen molar-refractivity contribution in [3.63, 3.8) is 0 Å². The van der Waals surface area contributed by atoms with Crippen LogP contribution in [0.25, 0.3) is 0 Å². The third-order valence-electron chi connectivity index (χ3n) is 5.04. The molecule has 3 rings (SSSR count). The van der Waals surface area contributed by atoms with Crippen molar-refractivity contribution in [1.82, 2.24) is 4.90 Å². The maximum Gasteiger partial charge on any atom is 0.387 e. The molecule has 0 saturated carbocycles. The number of aryl methyl sites for hydroxylation is 1. The van der Waals surface area contributed by atoms with Crippen molar-refractivity contribution in [2.75, 3.05) is 7.05 Å². The van der Waals surface area contributed by atoms with Gasteiger partial charge in [-0.3, -0.25) is 0 Å². The van der Waals surface area contributed by atoms with Gasteiger partial charge in [-0.1, -0.05) is 37.5 Å². The molecule has 1 heterocycles. The number of guanidine groups is 1. The quantitative estimate of drug-likeness (QED) is 0.750. The summed E-state index contributed by atoms with van der Waals surface area (Å²) in [5.74, 6) is 5.54. The van der Waals surface area contributed by atoms with Gasteiger partial charge in [-0.05, 0) is 47.9 Å². The van der Waals surface area contributed by atoms with Crippen LogP contribution in [0.1, 0.15) is 35.6 Å². The highest BCUT2D eigenvalue weighted by molar-refractivity contribution is 5.85. The van der Waals surface area contributed by atoms with E-state index in [2.05, 4.69) is 28.1 Å². The van der Waals surface area contributed by atoms with Gasteiger partial charge in [0, 0.05) is 13.5 Å². The summed E-state index contributed by atoms with van der Waals surface area (Å²) in [6, 6.07) is 9.34. The second kappa shape index (κ2) is 8.15. The van der Waals surface area contributed by atoms with Crippen LogP contribution in [0.3, 0.4) is 0 Å². The first-order valence-corrected chi connectivity index (χ1v) is 9.34. The largest absolute Gasteiger partial charge is 0.435 e. The molecule has 1 aliphatic rings. The Balaban J connectivity index is 2.23. The standard InChI is InChI=1S/C23H22F3N3O/c1-5-6-7-16-13-18(8-10-19(16)24)23(15(3)29(4)22(27)28-23)17-9-11-20(14(2)12-17)30-21(25)26/h8-13,21H,3,5H2,1-2,4H3,(H2,27,28)/t23-/m0/s1. The number of ether oxygens (including phenoxy) is 1. The van der Waals surface area contributed by atoms with E-state index in [9.17, 15) is 13.2 Å². The zero-order valence-electron chi connectivity index (χ0n) is 17.0. The molecule has 2 N–H and O–H groups in total. The highest BCUT2D eigenvalue weighted by atomic mass is 19.3. The Morgan fingerprint density at radius 2 is 1.90 bits per heavy atom. The van der Waals surface area contributed by atoms with E-state index in [4.69, 9.17) is 5.73 Å². The first-order valence-electron chi connectivity index (χ1n) is 9.34. The summed E-state index contributed by atoms with van der Waals surface area (Å²) < 4.78 is 44.2. The van der Waals surface area contributed by atoms with E-state index in [1.165, 1.54) is 12.1 Å². The van der Waals surface area contributed by atoms with Gasteiger partial charge in [0.15, 0.2) is 11.5 Å². The molecule has 0 aromatic heterocycles. The van der Waals surface area contributed by atoms with Gasteiger partial charge in [0.25, 0.3) is 0 Å². The highest BCUT2D eigenvalue weighted by Gasteiger charge is 2.45. The SMILES string of the molecule is C=C1N(C)C(N)=N[C@@]1(c1ccc(OC(F)F)c(C)c1)c1ccc(F)c(C#CCC)c1. The summed E-state index contributed by atoms with van der Waals surface area (Å²) >= 11 is 0. The van der Waals surface area contributed by atoms with Gasteiger partial charge in [0.05, 0.1) is 11.3 Å². The van der Waals surface area contributed by atoms with Crippen LogP contribution in [-0.2, 0) is 5.54 Å². The number of halogens is 3. The third-order valence-corrected chi connectivity index (χ3v) is 5.04. The molecule has 0 aliphatic carbocycles. The van der Waals surface area contributed by atoms with Gasteiger partial charge in [-0.2, -0.15) is 8.78 Å². The van der Waals surface area contributed by atoms with Crippen LogP contribution < -0.4 is 10.5 Å². The average molecular weight is 413 g/mol. The van der Waals surface area contributed by atoms with Gasteiger partial charge in [0.2, 0.25) is 0 Å². The molecule has 30 heavy (non-hydrogen) atoms. The molecule has 0 spiro atoms. The lowest BCUT2D eigenvalue weighted by molar-refractivity contribution is -0.0503. The predicted molar refractivity (Wildman–Crippen MR) is 111 cm³/mol. The van der Waals surface area contributed by atoms with E-state index in [0.29, 0.717) is 28.8 Å². The van der Waals surface area contributed by atoms with Crippen molar-refractivity contribution < 1.29 is 17.9 Å². The summed E-state index contributed by atoms with van der Waals surface area (Å²) in [6.07, 6.45) is 0.583. The summed E-state index contributed by atoms with van der Waals surface area (Å²) in [6.45, 7) is 4.76. The minimum Gasteiger partial charge on any atom is -0.435 e. The molecule has 0 amide bonds. The van der Waals surface area contributed by atoms with Crippen LogP contribution in [0.4, 0.5) is 13.2 Å². The number of rotatable bonds is 4. The highest BCUT2D eigenvalue weighted by Crippen LogP contribution is 2.45. The zero-order valence-corrected chi connectivity index (χ0v) is 17.0. The summed E-state index contributed by atoms with van der Waals surface area (Å²) in [5.41, 5.74) is 7.47. The molecule has 1 aliphatic heterocycles. The number of benzene rings is 2. The number of alkyl halides is 2. The van der Waals surface area contributed by atoms with Crippen molar-refractivity contribution in [3.8, 4) is 17.6 Å². The maximum atomic E-state index is 14.3. The smallest absolute Gasteiger partial charge is 0.387 e. The topological polar surface area (TPSA) is 50.8 Å². The fourth-order valence-electron chi connectivity index (χ4n) is 3.45. The molecular weight excluding hydrogens is 391 g/mol. The number of likely N-dealkylation sites (N-methyl/N-ethyl adjacent to an activating group) is 1. The Labute approximate surface area is 173 Å². The third kappa shape index (κ3) is 3.61. The molecule has 0 unspecified atom stereocenters. The van der Waals surface area contributed by atoms with Gasteiger partial charge in [-0.15, -0.1) is 0 Å². The molecule has 0 radical (unpaired) electrons. The second-order valence-corrected chi connectivity index (χ2v) is 6.89. The fraction of sp³-hybridized carbons (Fsp3) is 0.261. The predicted octanol–water partition coefficient (Wildman–Crippen LogP) is 4.51. The van der Waals surface area contributed by atoms with Gasteiger partial charge < -0.3 is 15.4 Å². The first kappa shape index (κ1) is 21.3. The summed E-state index contributed by atoms with van der Waals surface area (Å²) in [5, 5.41) is 0. The lowest BCUT2D eigenvalue weighted by atomic mass is 9.80. The monoisotopic (exact) mass is 413 g/mol. The molecule has 4 nitrogen and oxygen atoms in total. The molecule has 7 heteroatoms. The minimum atomic E-state index is -2.93. The zero-order chi connectivity index (χ0) is 22.1. The molecule has 1 atom stereocenters. The number of nitrogens with zero attached hydrogens (tertiary/aromatic N) is 2. The van der Waals surface area contributed by atoms with Crippen molar-refractivity contribution in [3.05, 3.63) is 76.7 Å². The van der Waals surface area contributed by atoms with Crippen LogP contribution in [0.5, 0.6) is 5.75 Å². The number of hydrogen-bond acceptors (Lipinski definition) is 4. The van der Waals surface area contributed by atoms with Crippen molar-refractivity contribution in [2.45, 2.75) is 32.4 Å². The van der Waals surface area contributed by atoms with Crippen molar-refractivity contribution >= 4 is 5.96 Å². The minimum absolute atomic E-state index is 0.0615. The van der Waals surface area contributed by atoms with E-state index in [1.54, 1.807) is 43.1 Å². The first-order chi connectivity index (χ1) is 14.2. The van der Waals surface area contributed by atoms with E-state index in [-0.39, 0.29) is 17.3 Å². The van der Waals surface area contributed by atoms with Crippen LogP contribution >= 0.6 is 0 Å². The van der Waals surface area contributed by atoms with Crippen LogP contribution in [0, 0.1) is 24.6 Å². The second-order valence-electron chi connectivity index (χ2n) is 6.89. The van der Waals surface area contributed by atoms with Crippen LogP contribution in [0.15, 0.2) is 53.7 Å². The molecule has 0 saturated heterocycles. The van der Waals surface area contributed by atoms with E-state index < -0.39 is 18.0 Å². The van der Waals surface area contributed by atoms with Crippen LogP contribution in [0.2, 0.25) is 0 Å². The van der Waals surface area contributed by atoms with Gasteiger partial charge in [0.1, 0.15) is 11.6 Å². The van der Waals surface area contributed by atoms with E-state index >= 15 is 0 Å². The van der Waals surface area contributed by atoms with E-state index in [0.717, 1.165) is 0 Å². The van der Waals surface area contributed by atoms with E-state index in [1.807, 2.05) is 6.92 Å². The molecule has 2 aromatic carbocycles. The van der Waals surface area contributed by atoms with Crippen LogP contribution in [-0.4, -0.2) is 24.5 Å². The van der Waals surface area contributed by atoms with Gasteiger partial charge in [-0.25, -0.2) is 9.38 Å². The number of aliphatic imine (C=N–C) groups is 1. The maximum absolute atomic E-state index is 14.3. The Kier molecular flexibility index (Phi) is 5.79. The summed E-state index contributed by atoms with van der Waals surface area (Å²) in [4.78, 5) is 6.31. The van der Waals surface area contributed by atoms with Crippen molar-refractivity contribution in [2.24, 2.45) is 10.7 Å². The molecule has 156 valence electrons. The molecular formula is C23H22F3N3O. The normalized spacial score (nSPS) is 18.3. The van der Waals surface area contributed by atoms with Gasteiger partial charge >= 0.3 is 6.61 Å². The Bertz CT molecular complexity index is 1080. The van der Waals surface area contributed by atoms with Crippen molar-refractivity contribution in [1.29, 1.82) is 0 Å². The summed E-state index contributed by atoms with van der Waals surface area (Å²) in [7, 11) is 1.73. The fourth-order valence-corrected chi connectivity index (χ4v) is 3.45. The molecule has 0 bridgehead atoms. The molecule has 0 fully saturated rings. The Morgan fingerprint density at radius 1 is 1.23 bits per heavy atom. The molecule has 2 aromatic rings. The Hall–Kier alpha value is -3.40. The number of hydrogen-bond donors (Lipinski definition) is 1. The Morgan fingerprint density at radius 3 is 2.47 bits per heavy atom. The lowest BCUT2D eigenvalue weighted by Crippen LogP contribution is -2.32. The average Bonchev–Trinajstić information content (AvgIpc) is 2.93. The number of nitrogens with two attached hydrogens (primary N) is 1. The lowest BCUT2D eigenvalue weighted by Gasteiger charge is -2.31.